The number of hydrogen-bond acceptors (Lipinski definition) is 5. The summed E-state index contributed by atoms with van der Waals surface area (Å²) in [5.74, 6) is 1.66. The molecule has 0 bridgehead atoms. The Hall–Kier alpha value is -3.70. The van der Waals surface area contributed by atoms with Crippen LogP contribution in [0, 0.1) is 37.0 Å². The van der Waals surface area contributed by atoms with Gasteiger partial charge < -0.3 is 5.32 Å². The summed E-state index contributed by atoms with van der Waals surface area (Å²) in [6.07, 6.45) is 6.17. The summed E-state index contributed by atoms with van der Waals surface area (Å²) in [7, 11) is 0. The Morgan fingerprint density at radius 2 is 2.03 bits per heavy atom. The summed E-state index contributed by atoms with van der Waals surface area (Å²) in [5.41, 5.74) is 4.83. The number of nitrogens with one attached hydrogen (secondary N) is 1. The summed E-state index contributed by atoms with van der Waals surface area (Å²) in [5, 5.41) is 17.8. The van der Waals surface area contributed by atoms with Crippen LogP contribution in [0.4, 0.5) is 5.82 Å². The first-order chi connectivity index (χ1) is 18.2. The first kappa shape index (κ1) is 24.6. The summed E-state index contributed by atoms with van der Waals surface area (Å²) < 4.78 is 1.80. The minimum atomic E-state index is -0.146. The van der Waals surface area contributed by atoms with Gasteiger partial charge in [-0.25, -0.2) is 4.98 Å². The number of aryl methyl sites for hydroxylation is 2. The van der Waals surface area contributed by atoms with Gasteiger partial charge in [0.2, 0.25) is 5.91 Å². The number of nitrogens with zero attached hydrogens (tertiary/aromatic N) is 5. The monoisotopic (exact) mass is 528 g/mol. The molecule has 2 aliphatic carbocycles. The van der Waals surface area contributed by atoms with Gasteiger partial charge in [-0.1, -0.05) is 11.6 Å². The van der Waals surface area contributed by atoms with E-state index >= 15 is 0 Å². The number of aromatic nitrogens is 3. The average molecular weight is 529 g/mol. The van der Waals surface area contributed by atoms with Gasteiger partial charge in [-0.3, -0.25) is 19.2 Å². The lowest BCUT2D eigenvalue weighted by Gasteiger charge is -2.36. The van der Waals surface area contributed by atoms with E-state index in [-0.39, 0.29) is 35.7 Å². The molecule has 1 N–H and O–H groups in total. The molecule has 1 saturated heterocycles. The lowest BCUT2D eigenvalue weighted by molar-refractivity contribution is -0.118. The smallest absolute Gasteiger partial charge is 0.254 e. The minimum Gasteiger partial charge on any atom is -0.349 e. The maximum absolute atomic E-state index is 13.1. The molecule has 3 heterocycles. The number of rotatable bonds is 6. The summed E-state index contributed by atoms with van der Waals surface area (Å²) >= 11 is 6.14. The number of pyridine rings is 1. The zero-order valence-electron chi connectivity index (χ0n) is 21.6. The van der Waals surface area contributed by atoms with Crippen molar-refractivity contribution in [3.63, 3.8) is 0 Å². The largest absolute Gasteiger partial charge is 0.349 e. The predicted molar refractivity (Wildman–Crippen MR) is 143 cm³/mol. The predicted octanol–water partition coefficient (Wildman–Crippen LogP) is 4.69. The van der Waals surface area contributed by atoms with Gasteiger partial charge in [-0.2, -0.15) is 10.4 Å². The minimum absolute atomic E-state index is 0.0384. The van der Waals surface area contributed by atoms with Crippen molar-refractivity contribution in [2.24, 2.45) is 11.8 Å². The van der Waals surface area contributed by atoms with E-state index in [0.717, 1.165) is 42.5 Å². The molecule has 38 heavy (non-hydrogen) atoms. The molecule has 8 nitrogen and oxygen atoms in total. The van der Waals surface area contributed by atoms with Crippen LogP contribution in [0.1, 0.15) is 76.5 Å². The molecule has 3 aromatic rings. The van der Waals surface area contributed by atoms with Crippen LogP contribution in [-0.2, 0) is 4.79 Å². The highest BCUT2D eigenvalue weighted by Gasteiger charge is 2.52. The van der Waals surface area contributed by atoms with Crippen molar-refractivity contribution in [2.45, 2.75) is 58.0 Å². The molecule has 3 fully saturated rings. The van der Waals surface area contributed by atoms with Crippen LogP contribution in [0.25, 0.3) is 0 Å². The SMILES string of the molecule is Cc1cc(N2C[C@H]3C[C@H]3C2=O)ncc1C(C)n1cc(C(=O)NC2CC(c3cc(Cl)ccc3C#N)C2)c(C)n1. The van der Waals surface area contributed by atoms with Gasteiger partial charge in [0.15, 0.2) is 0 Å². The second-order valence-electron chi connectivity index (χ2n) is 10.9. The van der Waals surface area contributed by atoms with E-state index in [1.807, 2.05) is 39.1 Å². The third kappa shape index (κ3) is 4.25. The number of benzene rings is 1. The lowest BCUT2D eigenvalue weighted by Crippen LogP contribution is -2.43. The van der Waals surface area contributed by atoms with E-state index in [1.54, 1.807) is 27.9 Å². The number of amides is 2. The highest BCUT2D eigenvalue weighted by molar-refractivity contribution is 6.30. The van der Waals surface area contributed by atoms with Crippen LogP contribution in [0.15, 0.2) is 36.7 Å². The number of piperidine rings is 1. The van der Waals surface area contributed by atoms with Crippen molar-refractivity contribution in [1.29, 1.82) is 5.26 Å². The molecule has 194 valence electrons. The van der Waals surface area contributed by atoms with Crippen LogP contribution in [-0.4, -0.2) is 39.2 Å². The molecule has 1 aliphatic heterocycles. The third-order valence-corrected chi connectivity index (χ3v) is 8.63. The molecule has 3 atom stereocenters. The maximum atomic E-state index is 13.1. The molecule has 2 amide bonds. The van der Waals surface area contributed by atoms with Gasteiger partial charge in [0, 0.05) is 35.9 Å². The van der Waals surface area contributed by atoms with Crippen molar-refractivity contribution in [2.75, 3.05) is 11.4 Å². The second-order valence-corrected chi connectivity index (χ2v) is 11.4. The van der Waals surface area contributed by atoms with Crippen molar-refractivity contribution in [3.05, 3.63) is 75.2 Å². The molecule has 2 aromatic heterocycles. The van der Waals surface area contributed by atoms with Gasteiger partial charge in [0.1, 0.15) is 5.82 Å². The quantitative estimate of drug-likeness (QED) is 0.500. The Kier molecular flexibility index (Phi) is 5.99. The number of carbonyl (C=O) groups is 2. The van der Waals surface area contributed by atoms with Gasteiger partial charge in [-0.15, -0.1) is 0 Å². The number of carbonyl (C=O) groups excluding carboxylic acids is 2. The molecule has 0 radical (unpaired) electrons. The second kappa shape index (κ2) is 9.25. The number of fused-ring (bicyclic) bond motifs is 1. The van der Waals surface area contributed by atoms with Crippen molar-refractivity contribution in [1.82, 2.24) is 20.1 Å². The van der Waals surface area contributed by atoms with E-state index in [4.69, 9.17) is 11.6 Å². The number of halogens is 1. The number of hydrogen-bond donors (Lipinski definition) is 1. The fourth-order valence-electron chi connectivity index (χ4n) is 5.89. The van der Waals surface area contributed by atoms with Crippen molar-refractivity contribution >= 4 is 29.2 Å². The molecule has 9 heteroatoms. The molecule has 6 rings (SSSR count). The highest BCUT2D eigenvalue weighted by atomic mass is 35.5. The maximum Gasteiger partial charge on any atom is 0.254 e. The van der Waals surface area contributed by atoms with Gasteiger partial charge in [-0.05, 0) is 92.8 Å². The van der Waals surface area contributed by atoms with Gasteiger partial charge in [0.25, 0.3) is 5.91 Å². The first-order valence-corrected chi connectivity index (χ1v) is 13.4. The zero-order chi connectivity index (χ0) is 26.7. The van der Waals surface area contributed by atoms with Crippen LogP contribution < -0.4 is 10.2 Å². The fraction of sp³-hybridized carbons (Fsp3) is 0.414. The Morgan fingerprint density at radius 1 is 1.24 bits per heavy atom. The van der Waals surface area contributed by atoms with Crippen LogP contribution in [0.5, 0.6) is 0 Å². The average Bonchev–Trinajstić information content (AvgIpc) is 3.43. The molecule has 1 aromatic carbocycles. The molecule has 0 spiro atoms. The van der Waals surface area contributed by atoms with Crippen LogP contribution >= 0.6 is 11.6 Å². The molecule has 2 saturated carbocycles. The first-order valence-electron chi connectivity index (χ1n) is 13.1. The number of anilines is 1. The van der Waals surface area contributed by atoms with Crippen LogP contribution in [0.3, 0.4) is 0 Å². The molecule has 3 aliphatic rings. The Morgan fingerprint density at radius 3 is 2.71 bits per heavy atom. The summed E-state index contributed by atoms with van der Waals surface area (Å²) in [6.45, 7) is 6.66. The topological polar surface area (TPSA) is 104 Å². The number of nitriles is 1. The van der Waals surface area contributed by atoms with E-state index in [2.05, 4.69) is 21.5 Å². The van der Waals surface area contributed by atoms with Crippen molar-refractivity contribution in [3.8, 4) is 6.07 Å². The van der Waals surface area contributed by atoms with Crippen molar-refractivity contribution < 1.29 is 9.59 Å². The zero-order valence-corrected chi connectivity index (χ0v) is 22.4. The summed E-state index contributed by atoms with van der Waals surface area (Å²) in [4.78, 5) is 32.0. The summed E-state index contributed by atoms with van der Waals surface area (Å²) in [6, 6.07) is 9.46. The van der Waals surface area contributed by atoms with Crippen LogP contribution in [0.2, 0.25) is 5.02 Å². The standard InChI is InChI=1S/C29H29ClN6O2/c1-15-6-27(35-13-20-9-24(20)29(35)38)32-12-25(15)17(3)36-14-26(16(2)34-36)28(37)33-22-7-19(8-22)23-10-21(30)5-4-18(23)11-31/h4-6,10,12,14,17,19-20,22,24H,7-9,13H2,1-3H3,(H,33,37)/t17?,19?,20-,22?,24-/m1/s1. The molecule has 1 unspecified atom stereocenters. The Bertz CT molecular complexity index is 1500. The third-order valence-electron chi connectivity index (χ3n) is 8.39. The van der Waals surface area contributed by atoms with E-state index in [9.17, 15) is 14.9 Å². The van der Waals surface area contributed by atoms with E-state index < -0.39 is 0 Å². The van der Waals surface area contributed by atoms with E-state index in [1.165, 1.54) is 0 Å². The lowest BCUT2D eigenvalue weighted by atomic mass is 9.74. The van der Waals surface area contributed by atoms with Gasteiger partial charge >= 0.3 is 0 Å². The highest BCUT2D eigenvalue weighted by Crippen LogP contribution is 2.47. The molecular weight excluding hydrogens is 500 g/mol. The Labute approximate surface area is 226 Å². The van der Waals surface area contributed by atoms with Gasteiger partial charge in [0.05, 0.1) is 28.9 Å². The van der Waals surface area contributed by atoms with E-state index in [0.29, 0.717) is 33.6 Å². The normalized spacial score (nSPS) is 24.4. The Balaban J connectivity index is 1.11. The molecular formula is C29H29ClN6O2. The fourth-order valence-corrected chi connectivity index (χ4v) is 6.07.